The van der Waals surface area contributed by atoms with Crippen molar-refractivity contribution in [3.8, 4) is 0 Å². The Bertz CT molecular complexity index is 817. The zero-order valence-electron chi connectivity index (χ0n) is 12.3. The lowest BCUT2D eigenvalue weighted by Gasteiger charge is -2.08. The van der Waals surface area contributed by atoms with E-state index in [9.17, 15) is 24.1 Å². The second-order valence-corrected chi connectivity index (χ2v) is 4.97. The summed E-state index contributed by atoms with van der Waals surface area (Å²) in [6, 6.07) is 6.58. The number of nitro groups is 1. The van der Waals surface area contributed by atoms with Crippen LogP contribution in [0.4, 0.5) is 10.1 Å². The molecule has 1 heterocycles. The molecule has 120 valence electrons. The van der Waals surface area contributed by atoms with Crippen LogP contribution in [0.25, 0.3) is 0 Å². The number of pyridine rings is 1. The highest BCUT2D eigenvalue weighted by atomic mass is 19.1. The third-order valence-corrected chi connectivity index (χ3v) is 3.20. The number of hydrogen-bond acceptors (Lipinski definition) is 4. The number of benzene rings is 1. The largest absolute Gasteiger partial charge is 0.350 e. The summed E-state index contributed by atoms with van der Waals surface area (Å²) in [5.41, 5.74) is 0.394. The molecule has 0 radical (unpaired) electrons. The van der Waals surface area contributed by atoms with Gasteiger partial charge < -0.3 is 5.32 Å². The third-order valence-electron chi connectivity index (χ3n) is 3.20. The molecule has 2 rings (SSSR count). The molecule has 7 nitrogen and oxygen atoms in total. The molecule has 0 saturated heterocycles. The average molecular weight is 319 g/mol. The summed E-state index contributed by atoms with van der Waals surface area (Å²) >= 11 is 0. The lowest BCUT2D eigenvalue weighted by molar-refractivity contribution is -0.385. The molecule has 1 N–H and O–H groups in total. The molecule has 0 unspecified atom stereocenters. The van der Waals surface area contributed by atoms with Gasteiger partial charge in [0.2, 0.25) is 5.91 Å². The smallest absolute Gasteiger partial charge is 0.285 e. The Morgan fingerprint density at radius 3 is 2.74 bits per heavy atom. The molecule has 0 spiro atoms. The predicted octanol–water partition coefficient (Wildman–Crippen LogP) is 1.52. The molecule has 0 aliphatic rings. The van der Waals surface area contributed by atoms with Gasteiger partial charge in [0.05, 0.1) is 11.1 Å². The van der Waals surface area contributed by atoms with Crippen LogP contribution in [0, 0.1) is 22.9 Å². The maximum atomic E-state index is 13.2. The van der Waals surface area contributed by atoms with Crippen molar-refractivity contribution >= 4 is 11.6 Å². The van der Waals surface area contributed by atoms with E-state index >= 15 is 0 Å². The first-order valence-corrected chi connectivity index (χ1v) is 6.73. The van der Waals surface area contributed by atoms with E-state index in [1.165, 1.54) is 6.07 Å². The van der Waals surface area contributed by atoms with Crippen LogP contribution in [0.2, 0.25) is 0 Å². The molecule has 0 bridgehead atoms. The van der Waals surface area contributed by atoms with Gasteiger partial charge in [0.15, 0.2) is 0 Å². The van der Waals surface area contributed by atoms with Gasteiger partial charge in [-0.2, -0.15) is 0 Å². The maximum absolute atomic E-state index is 13.2. The molecule has 0 aliphatic heterocycles. The second kappa shape index (κ2) is 6.82. The summed E-state index contributed by atoms with van der Waals surface area (Å²) in [5.74, 6) is -0.808. The molecule has 0 fully saturated rings. The third kappa shape index (κ3) is 4.22. The highest BCUT2D eigenvalue weighted by Gasteiger charge is 2.10. The van der Waals surface area contributed by atoms with E-state index in [0.29, 0.717) is 11.1 Å². The molecular formula is C15H14FN3O4. The van der Waals surface area contributed by atoms with Crippen molar-refractivity contribution < 1.29 is 14.1 Å². The number of aromatic nitrogens is 1. The summed E-state index contributed by atoms with van der Waals surface area (Å²) in [5, 5.41) is 13.3. The molecule has 2 aromatic rings. The molecule has 0 atom stereocenters. The number of nitrogens with zero attached hydrogens (tertiary/aromatic N) is 2. The van der Waals surface area contributed by atoms with E-state index in [1.807, 2.05) is 0 Å². The molecule has 23 heavy (non-hydrogen) atoms. The molecule has 1 aromatic heterocycles. The SMILES string of the molecule is Cc1cc(CNC(=O)Cn2cc([N+](=O)[O-])ccc2=O)ccc1F. The van der Waals surface area contributed by atoms with E-state index < -0.39 is 16.4 Å². The van der Waals surface area contributed by atoms with Crippen LogP contribution < -0.4 is 10.9 Å². The molecule has 0 saturated carbocycles. The van der Waals surface area contributed by atoms with Gasteiger partial charge in [-0.05, 0) is 24.1 Å². The van der Waals surface area contributed by atoms with Crippen LogP contribution in [0.15, 0.2) is 41.3 Å². The Morgan fingerprint density at radius 2 is 2.09 bits per heavy atom. The number of carbonyl (C=O) groups excluding carboxylic acids is 1. The number of amides is 1. The van der Waals surface area contributed by atoms with Gasteiger partial charge in [0.25, 0.3) is 11.2 Å². The van der Waals surface area contributed by atoms with Gasteiger partial charge in [-0.1, -0.05) is 12.1 Å². The normalized spacial score (nSPS) is 10.3. The monoisotopic (exact) mass is 319 g/mol. The number of halogens is 1. The Balaban J connectivity index is 2.02. The molecule has 0 aliphatic carbocycles. The van der Waals surface area contributed by atoms with Crippen molar-refractivity contribution in [3.63, 3.8) is 0 Å². The summed E-state index contributed by atoms with van der Waals surface area (Å²) in [7, 11) is 0. The molecular weight excluding hydrogens is 305 g/mol. The zero-order valence-corrected chi connectivity index (χ0v) is 12.3. The fourth-order valence-corrected chi connectivity index (χ4v) is 1.98. The fraction of sp³-hybridized carbons (Fsp3) is 0.200. The number of carbonyl (C=O) groups is 1. The van der Waals surface area contributed by atoms with Crippen LogP contribution in [-0.4, -0.2) is 15.4 Å². The zero-order chi connectivity index (χ0) is 17.0. The second-order valence-electron chi connectivity index (χ2n) is 4.97. The number of rotatable bonds is 5. The van der Waals surface area contributed by atoms with Gasteiger partial charge in [-0.15, -0.1) is 0 Å². The van der Waals surface area contributed by atoms with Crippen LogP contribution in [0.3, 0.4) is 0 Å². The summed E-state index contributed by atoms with van der Waals surface area (Å²) < 4.78 is 14.1. The molecule has 1 amide bonds. The van der Waals surface area contributed by atoms with Crippen molar-refractivity contribution in [2.45, 2.75) is 20.0 Å². The van der Waals surface area contributed by atoms with Crippen molar-refractivity contribution in [1.29, 1.82) is 0 Å². The van der Waals surface area contributed by atoms with E-state index in [-0.39, 0.29) is 24.6 Å². The summed E-state index contributed by atoms with van der Waals surface area (Å²) in [6.07, 6.45) is 1.02. The van der Waals surface area contributed by atoms with Crippen molar-refractivity contribution in [2.24, 2.45) is 0 Å². The topological polar surface area (TPSA) is 94.2 Å². The highest BCUT2D eigenvalue weighted by Crippen LogP contribution is 2.09. The molecule has 1 aromatic carbocycles. The lowest BCUT2D eigenvalue weighted by atomic mass is 10.1. The van der Waals surface area contributed by atoms with Crippen molar-refractivity contribution in [1.82, 2.24) is 9.88 Å². The average Bonchev–Trinajstić information content (AvgIpc) is 2.50. The van der Waals surface area contributed by atoms with Crippen LogP contribution in [-0.2, 0) is 17.9 Å². The van der Waals surface area contributed by atoms with Crippen LogP contribution >= 0.6 is 0 Å². The minimum Gasteiger partial charge on any atom is -0.350 e. The number of nitrogens with one attached hydrogen (secondary N) is 1. The van der Waals surface area contributed by atoms with Gasteiger partial charge in [0, 0.05) is 18.7 Å². The quantitative estimate of drug-likeness (QED) is 0.668. The Morgan fingerprint density at radius 1 is 1.35 bits per heavy atom. The highest BCUT2D eigenvalue weighted by molar-refractivity contribution is 5.75. The van der Waals surface area contributed by atoms with E-state index in [0.717, 1.165) is 22.9 Å². The van der Waals surface area contributed by atoms with Crippen molar-refractivity contribution in [3.05, 3.63) is 73.9 Å². The minimum absolute atomic E-state index is 0.170. The van der Waals surface area contributed by atoms with E-state index in [2.05, 4.69) is 5.32 Å². The first-order chi connectivity index (χ1) is 10.9. The van der Waals surface area contributed by atoms with Gasteiger partial charge in [-0.3, -0.25) is 24.3 Å². The predicted molar refractivity (Wildman–Crippen MR) is 80.3 cm³/mol. The van der Waals surface area contributed by atoms with Gasteiger partial charge in [0.1, 0.15) is 12.4 Å². The maximum Gasteiger partial charge on any atom is 0.285 e. The van der Waals surface area contributed by atoms with Gasteiger partial charge >= 0.3 is 0 Å². The van der Waals surface area contributed by atoms with E-state index in [1.54, 1.807) is 19.1 Å². The Labute approximate surface area is 130 Å². The first-order valence-electron chi connectivity index (χ1n) is 6.73. The Hall–Kier alpha value is -3.03. The van der Waals surface area contributed by atoms with Gasteiger partial charge in [-0.25, -0.2) is 4.39 Å². The van der Waals surface area contributed by atoms with Crippen molar-refractivity contribution in [2.75, 3.05) is 0 Å². The van der Waals surface area contributed by atoms with Crippen LogP contribution in [0.1, 0.15) is 11.1 Å². The number of hydrogen-bond donors (Lipinski definition) is 1. The standard InChI is InChI=1S/C15H14FN3O4/c1-10-6-11(2-4-13(10)16)7-17-14(20)9-18-8-12(19(22)23)3-5-15(18)21/h2-6,8H,7,9H2,1H3,(H,17,20). The first kappa shape index (κ1) is 16.3. The lowest BCUT2D eigenvalue weighted by Crippen LogP contribution is -2.31. The molecule has 8 heteroatoms. The fourth-order valence-electron chi connectivity index (χ4n) is 1.98. The Kier molecular flexibility index (Phi) is 4.85. The summed E-state index contributed by atoms with van der Waals surface area (Å²) in [6.45, 7) is 1.45. The summed E-state index contributed by atoms with van der Waals surface area (Å²) in [4.78, 5) is 33.5. The van der Waals surface area contributed by atoms with E-state index in [4.69, 9.17) is 0 Å². The number of aryl methyl sites for hydroxylation is 1. The van der Waals surface area contributed by atoms with Crippen LogP contribution in [0.5, 0.6) is 0 Å². The minimum atomic E-state index is -0.644.